The minimum Gasteiger partial charge on any atom is -0.462 e. The van der Waals surface area contributed by atoms with E-state index in [1.807, 2.05) is 60.7 Å². The second kappa shape index (κ2) is 32.7. The van der Waals surface area contributed by atoms with Gasteiger partial charge in [0.15, 0.2) is 24.6 Å². The van der Waals surface area contributed by atoms with Gasteiger partial charge < -0.3 is 28.6 Å². The van der Waals surface area contributed by atoms with Crippen LogP contribution in [-0.2, 0) is 62.1 Å². The quantitative estimate of drug-likeness (QED) is 0.0102. The molecule has 5 aromatic rings. The molecular formula is C55H51Cl3F2N2O13S. The lowest BCUT2D eigenvalue weighted by Gasteiger charge is -2.27. The van der Waals surface area contributed by atoms with E-state index in [2.05, 4.69) is 20.0 Å². The minimum atomic E-state index is -4.86. The van der Waals surface area contributed by atoms with Crippen molar-refractivity contribution in [1.29, 1.82) is 0 Å². The molecule has 76 heavy (non-hydrogen) atoms. The number of halogens is 5. The predicted molar refractivity (Wildman–Crippen MR) is 287 cm³/mol. The maximum Gasteiger partial charge on any atom is 0.331 e. The van der Waals surface area contributed by atoms with Gasteiger partial charge in [-0.3, -0.25) is 4.18 Å². The molecule has 0 saturated carbocycles. The van der Waals surface area contributed by atoms with E-state index in [9.17, 15) is 32.0 Å². The summed E-state index contributed by atoms with van der Waals surface area (Å²) in [5.74, 6) is -3.95. The third-order valence-electron chi connectivity index (χ3n) is 9.90. The van der Waals surface area contributed by atoms with Crippen molar-refractivity contribution in [3.05, 3.63) is 195 Å². The standard InChI is InChI=1S/C30H25Cl3FNO8S.C25H26FNO5/c1-40-35-18-25(34)30(42-29(37)15-13-21-10-6-3-7-11-21)26(19-41-28(36)14-12-20-8-4-2-5-9-20)43-44(38,39)27-17-23(32)22(31)16-24(27)33;1-19(18-31-23(28)15-13-20-9-5-3-6-10-20)25(22(26)17-27-30-2)32-24(29)16-14-21-11-7-4-8-12-21/h2-18,25-26,30H,19H2,1H3;3-17,19,22,25H,18H2,1-2H3/b14-12+,15-13+,35-18?;15-13+,16-14+,27-17?/t25-,26-,30+;19-,22+,25+/m10/s1. The van der Waals surface area contributed by atoms with E-state index in [1.54, 1.807) is 79.7 Å². The zero-order valence-corrected chi connectivity index (χ0v) is 43.9. The van der Waals surface area contributed by atoms with Crippen LogP contribution in [0.4, 0.5) is 8.78 Å². The lowest BCUT2D eigenvalue weighted by atomic mass is 10.0. The number of hydrogen-bond acceptors (Lipinski definition) is 15. The van der Waals surface area contributed by atoms with Gasteiger partial charge in [0.05, 0.1) is 34.1 Å². The number of nitrogens with zero attached hydrogens (tertiary/aromatic N) is 2. The van der Waals surface area contributed by atoms with Crippen LogP contribution in [-0.4, -0.2) is 103 Å². The average molecular weight is 1120 g/mol. The van der Waals surface area contributed by atoms with E-state index in [1.165, 1.54) is 31.4 Å². The number of carbonyl (C=O) groups is 4. The molecule has 0 aliphatic carbocycles. The average Bonchev–Trinajstić information content (AvgIpc) is 3.43. The zero-order valence-electron chi connectivity index (χ0n) is 40.9. The lowest BCUT2D eigenvalue weighted by Crippen LogP contribution is -2.45. The van der Waals surface area contributed by atoms with Crippen LogP contribution in [0.3, 0.4) is 0 Å². The topological polar surface area (TPSA) is 192 Å². The van der Waals surface area contributed by atoms with Gasteiger partial charge in [-0.25, -0.2) is 28.0 Å². The molecule has 0 N–H and O–H groups in total. The molecule has 0 radical (unpaired) electrons. The Labute approximate surface area is 453 Å². The third kappa shape index (κ3) is 22.2. The van der Waals surface area contributed by atoms with Crippen molar-refractivity contribution in [1.82, 2.24) is 0 Å². The van der Waals surface area contributed by atoms with Crippen LogP contribution in [0.5, 0.6) is 0 Å². The number of ether oxygens (including phenoxy) is 4. The molecule has 5 aromatic carbocycles. The Morgan fingerprint density at radius 1 is 0.526 bits per heavy atom. The first-order chi connectivity index (χ1) is 36.5. The van der Waals surface area contributed by atoms with Crippen molar-refractivity contribution in [2.24, 2.45) is 16.2 Å². The Kier molecular flexibility index (Phi) is 26.3. The molecule has 0 amide bonds. The van der Waals surface area contributed by atoms with Gasteiger partial charge in [-0.15, -0.1) is 0 Å². The normalized spacial score (nSPS) is 14.2. The Balaban J connectivity index is 0.000000346. The smallest absolute Gasteiger partial charge is 0.331 e. The second-order valence-corrected chi connectivity index (χ2v) is 18.3. The molecular weight excluding hydrogens is 1070 g/mol. The van der Waals surface area contributed by atoms with E-state index in [0.29, 0.717) is 17.3 Å². The number of esters is 4. The minimum absolute atomic E-state index is 0.0390. The summed E-state index contributed by atoms with van der Waals surface area (Å²) in [6.07, 6.45) is 2.83. The highest BCUT2D eigenvalue weighted by molar-refractivity contribution is 7.87. The molecule has 0 unspecified atom stereocenters. The van der Waals surface area contributed by atoms with Crippen LogP contribution >= 0.6 is 34.8 Å². The summed E-state index contributed by atoms with van der Waals surface area (Å²) >= 11 is 18.0. The number of carbonyl (C=O) groups excluding carboxylic acids is 4. The summed E-state index contributed by atoms with van der Waals surface area (Å²) in [6.45, 7) is 0.567. The van der Waals surface area contributed by atoms with E-state index < -0.39 is 82.1 Å². The fourth-order valence-corrected chi connectivity index (χ4v) is 8.21. The van der Waals surface area contributed by atoms with E-state index >= 15 is 4.39 Å². The van der Waals surface area contributed by atoms with Crippen LogP contribution in [0.1, 0.15) is 29.2 Å². The molecule has 15 nitrogen and oxygen atoms in total. The SMILES string of the molecule is CON=C[C@@H](F)[C@H](OC(=O)/C=C/c1ccccc1)[C@@H](C)COC(=O)/C=C/c1ccccc1.CON=C[C@@H](F)[C@H](OC(=O)/C=C/c1ccccc1)[C@@H](COC(=O)/C=C/c1ccccc1)OS(=O)(=O)c1cc(Cl)c(Cl)cc1Cl. The molecule has 0 heterocycles. The van der Waals surface area contributed by atoms with Gasteiger partial charge in [-0.05, 0) is 58.7 Å². The lowest BCUT2D eigenvalue weighted by molar-refractivity contribution is -0.156. The summed E-state index contributed by atoms with van der Waals surface area (Å²) in [4.78, 5) is 57.9. The van der Waals surface area contributed by atoms with Crippen LogP contribution < -0.4 is 0 Å². The number of oxime groups is 2. The van der Waals surface area contributed by atoms with Crippen LogP contribution in [0, 0.1) is 5.92 Å². The maximum atomic E-state index is 15.5. The fraction of sp³-hybridized carbons (Fsp3) is 0.200. The summed E-state index contributed by atoms with van der Waals surface area (Å²) in [5.41, 5.74) is 2.94. The molecule has 0 aromatic heterocycles. The molecule has 400 valence electrons. The van der Waals surface area contributed by atoms with Gasteiger partial charge in [0, 0.05) is 30.2 Å². The Morgan fingerprint density at radius 2 is 0.882 bits per heavy atom. The Bertz CT molecular complexity index is 2930. The summed E-state index contributed by atoms with van der Waals surface area (Å²) < 4.78 is 83.0. The molecule has 0 spiro atoms. The largest absolute Gasteiger partial charge is 0.462 e. The highest BCUT2D eigenvalue weighted by Gasteiger charge is 2.39. The Morgan fingerprint density at radius 3 is 1.29 bits per heavy atom. The maximum absolute atomic E-state index is 15.5. The van der Waals surface area contributed by atoms with Gasteiger partial charge in [0.25, 0.3) is 10.1 Å². The van der Waals surface area contributed by atoms with Gasteiger partial charge in [0.1, 0.15) is 31.8 Å². The van der Waals surface area contributed by atoms with E-state index in [4.69, 9.17) is 57.9 Å². The van der Waals surface area contributed by atoms with Gasteiger partial charge in [0.2, 0.25) is 0 Å². The molecule has 0 aliphatic heterocycles. The predicted octanol–water partition coefficient (Wildman–Crippen LogP) is 11.0. The summed E-state index contributed by atoms with van der Waals surface area (Å²) in [5, 5.41) is 6.17. The Hall–Kier alpha value is -7.48. The number of hydrogen-bond donors (Lipinski definition) is 0. The highest BCUT2D eigenvalue weighted by atomic mass is 35.5. The summed E-state index contributed by atoms with van der Waals surface area (Å²) in [7, 11) is -2.45. The summed E-state index contributed by atoms with van der Waals surface area (Å²) in [6, 6.07) is 37.8. The van der Waals surface area contributed by atoms with Gasteiger partial charge in [-0.1, -0.05) is 173 Å². The molecule has 0 fully saturated rings. The number of alkyl halides is 2. The van der Waals surface area contributed by atoms with Crippen molar-refractivity contribution < 1.29 is 69.2 Å². The first-order valence-electron chi connectivity index (χ1n) is 22.7. The molecule has 0 bridgehead atoms. The first-order valence-corrected chi connectivity index (χ1v) is 25.2. The highest BCUT2D eigenvalue weighted by Crippen LogP contribution is 2.33. The van der Waals surface area contributed by atoms with Crippen molar-refractivity contribution in [3.63, 3.8) is 0 Å². The first kappa shape index (κ1) is 61.1. The second-order valence-electron chi connectivity index (χ2n) is 15.6. The monoisotopic (exact) mass is 1120 g/mol. The molecule has 0 saturated heterocycles. The number of benzene rings is 5. The van der Waals surface area contributed by atoms with Gasteiger partial charge in [-0.2, -0.15) is 8.42 Å². The van der Waals surface area contributed by atoms with Crippen LogP contribution in [0.25, 0.3) is 24.3 Å². The fourth-order valence-electron chi connectivity index (χ4n) is 6.17. The van der Waals surface area contributed by atoms with Crippen molar-refractivity contribution in [3.8, 4) is 0 Å². The molecule has 21 heteroatoms. The molecule has 5 rings (SSSR count). The molecule has 0 aliphatic rings. The van der Waals surface area contributed by atoms with Crippen molar-refractivity contribution >= 4 is 106 Å². The van der Waals surface area contributed by atoms with Crippen LogP contribution in [0.15, 0.2) is 173 Å². The zero-order chi connectivity index (χ0) is 55.3. The molecule has 6 atom stereocenters. The number of rotatable bonds is 25. The van der Waals surface area contributed by atoms with Crippen LogP contribution in [0.2, 0.25) is 15.1 Å². The van der Waals surface area contributed by atoms with Crippen molar-refractivity contribution in [2.75, 3.05) is 27.4 Å². The third-order valence-corrected chi connectivity index (χ3v) is 12.4. The van der Waals surface area contributed by atoms with E-state index in [-0.39, 0.29) is 21.7 Å². The van der Waals surface area contributed by atoms with Crippen molar-refractivity contribution in [2.45, 2.75) is 42.5 Å². The van der Waals surface area contributed by atoms with E-state index in [0.717, 1.165) is 48.7 Å². The van der Waals surface area contributed by atoms with Gasteiger partial charge >= 0.3 is 23.9 Å².